The van der Waals surface area contributed by atoms with E-state index in [2.05, 4.69) is 48.0 Å². The Bertz CT molecular complexity index is 141. The summed E-state index contributed by atoms with van der Waals surface area (Å²) in [5, 5.41) is 0. The van der Waals surface area contributed by atoms with Crippen LogP contribution in [-0.4, -0.2) is 9.66 Å². The van der Waals surface area contributed by atoms with Gasteiger partial charge < -0.3 is 3.11 Å². The van der Waals surface area contributed by atoms with Crippen molar-refractivity contribution in [1.82, 2.24) is 3.11 Å². The average Bonchev–Trinajstić information content (AvgIpc) is 1.77. The number of hydrogen-bond acceptors (Lipinski definition) is 1. The quantitative estimate of drug-likeness (QED) is 0.488. The highest BCUT2D eigenvalue weighted by atomic mass is 127. The fourth-order valence-electron chi connectivity index (χ4n) is 0.455. The SMILES string of the molecule is BrC1=CCN(I)C=C1. The number of rotatable bonds is 0. The van der Waals surface area contributed by atoms with E-state index in [0.29, 0.717) is 0 Å². The van der Waals surface area contributed by atoms with Gasteiger partial charge in [-0.05, 0) is 6.08 Å². The second kappa shape index (κ2) is 2.87. The third-order valence-electron chi connectivity index (χ3n) is 0.856. The minimum Gasteiger partial charge on any atom is -0.318 e. The lowest BCUT2D eigenvalue weighted by molar-refractivity contribution is 0.742. The van der Waals surface area contributed by atoms with E-state index in [1.807, 2.05) is 12.3 Å². The first-order valence-electron chi connectivity index (χ1n) is 2.25. The summed E-state index contributed by atoms with van der Waals surface area (Å²) in [5.41, 5.74) is 0. The van der Waals surface area contributed by atoms with E-state index in [4.69, 9.17) is 0 Å². The van der Waals surface area contributed by atoms with Crippen LogP contribution in [-0.2, 0) is 0 Å². The van der Waals surface area contributed by atoms with E-state index in [1.54, 1.807) is 0 Å². The summed E-state index contributed by atoms with van der Waals surface area (Å²) in [6.45, 7) is 0.998. The Morgan fingerprint density at radius 2 is 2.50 bits per heavy atom. The number of halogens is 2. The first kappa shape index (κ1) is 6.61. The van der Waals surface area contributed by atoms with Gasteiger partial charge in [0.25, 0.3) is 0 Å². The average molecular weight is 286 g/mol. The molecule has 0 fully saturated rings. The van der Waals surface area contributed by atoms with Crippen LogP contribution in [0.25, 0.3) is 0 Å². The lowest BCUT2D eigenvalue weighted by Crippen LogP contribution is -2.04. The van der Waals surface area contributed by atoms with Gasteiger partial charge in [0.1, 0.15) is 0 Å². The maximum Gasteiger partial charge on any atom is 0.0589 e. The van der Waals surface area contributed by atoms with E-state index in [9.17, 15) is 0 Å². The van der Waals surface area contributed by atoms with E-state index in [0.717, 1.165) is 6.54 Å². The van der Waals surface area contributed by atoms with Crippen LogP contribution in [0.2, 0.25) is 0 Å². The van der Waals surface area contributed by atoms with E-state index >= 15 is 0 Å². The Morgan fingerprint density at radius 1 is 1.75 bits per heavy atom. The molecular weight excluding hydrogens is 281 g/mol. The molecule has 1 nitrogen and oxygen atoms in total. The molecule has 0 saturated carbocycles. The molecule has 0 N–H and O–H groups in total. The third-order valence-corrected chi connectivity index (χ3v) is 2.16. The first-order chi connectivity index (χ1) is 3.79. The molecule has 44 valence electrons. The summed E-state index contributed by atoms with van der Waals surface area (Å²) in [5.74, 6) is 0. The van der Waals surface area contributed by atoms with Gasteiger partial charge in [0, 0.05) is 17.2 Å². The van der Waals surface area contributed by atoms with Crippen LogP contribution in [0, 0.1) is 0 Å². The van der Waals surface area contributed by atoms with Crippen molar-refractivity contribution in [3.05, 3.63) is 22.8 Å². The largest absolute Gasteiger partial charge is 0.318 e. The normalized spacial score (nSPS) is 18.8. The van der Waals surface area contributed by atoms with Gasteiger partial charge in [0.15, 0.2) is 0 Å². The minimum atomic E-state index is 0.998. The second-order valence-corrected chi connectivity index (χ2v) is 3.64. The summed E-state index contributed by atoms with van der Waals surface area (Å²) in [6.07, 6.45) is 6.17. The van der Waals surface area contributed by atoms with Crippen molar-refractivity contribution in [2.24, 2.45) is 0 Å². The van der Waals surface area contributed by atoms with Crippen molar-refractivity contribution >= 4 is 38.8 Å². The van der Waals surface area contributed by atoms with Crippen LogP contribution in [0.3, 0.4) is 0 Å². The van der Waals surface area contributed by atoms with Crippen LogP contribution in [0.1, 0.15) is 0 Å². The molecule has 1 rings (SSSR count). The van der Waals surface area contributed by atoms with Gasteiger partial charge in [0.05, 0.1) is 22.9 Å². The predicted molar refractivity (Wildman–Crippen MR) is 46.9 cm³/mol. The van der Waals surface area contributed by atoms with E-state index in [1.165, 1.54) is 4.48 Å². The van der Waals surface area contributed by atoms with Crippen LogP contribution in [0.15, 0.2) is 22.8 Å². The van der Waals surface area contributed by atoms with E-state index < -0.39 is 0 Å². The topological polar surface area (TPSA) is 3.24 Å². The molecule has 0 radical (unpaired) electrons. The fraction of sp³-hybridized carbons (Fsp3) is 0.200. The highest BCUT2D eigenvalue weighted by Gasteiger charge is 1.95. The molecule has 1 aliphatic heterocycles. The van der Waals surface area contributed by atoms with Gasteiger partial charge >= 0.3 is 0 Å². The Balaban J connectivity index is 2.58. The molecule has 0 amide bonds. The number of allylic oxidation sites excluding steroid dienone is 2. The zero-order valence-corrected chi connectivity index (χ0v) is 7.89. The summed E-state index contributed by atoms with van der Waals surface area (Å²) in [4.78, 5) is 0. The molecule has 0 aliphatic carbocycles. The summed E-state index contributed by atoms with van der Waals surface area (Å²) < 4.78 is 3.26. The van der Waals surface area contributed by atoms with Crippen molar-refractivity contribution < 1.29 is 0 Å². The van der Waals surface area contributed by atoms with Gasteiger partial charge in [0.2, 0.25) is 0 Å². The summed E-state index contributed by atoms with van der Waals surface area (Å²) >= 11 is 5.61. The van der Waals surface area contributed by atoms with Gasteiger partial charge in [-0.2, -0.15) is 0 Å². The zero-order valence-electron chi connectivity index (χ0n) is 4.14. The lowest BCUT2D eigenvalue weighted by Gasteiger charge is -2.11. The van der Waals surface area contributed by atoms with Gasteiger partial charge in [-0.1, -0.05) is 22.0 Å². The molecule has 3 heteroatoms. The van der Waals surface area contributed by atoms with E-state index in [-0.39, 0.29) is 0 Å². The van der Waals surface area contributed by atoms with Crippen molar-refractivity contribution in [3.8, 4) is 0 Å². The predicted octanol–water partition coefficient (Wildman–Crippen LogP) is 2.44. The Kier molecular flexibility index (Phi) is 2.37. The molecule has 0 saturated heterocycles. The maximum atomic E-state index is 3.36. The standard InChI is InChI=1S/C5H5BrIN/c6-5-1-3-8(7)4-2-5/h1-3H,4H2. The van der Waals surface area contributed by atoms with Crippen molar-refractivity contribution in [2.45, 2.75) is 0 Å². The summed E-state index contributed by atoms with van der Waals surface area (Å²) in [7, 11) is 0. The molecule has 1 aliphatic rings. The van der Waals surface area contributed by atoms with Crippen molar-refractivity contribution in [1.29, 1.82) is 0 Å². The van der Waals surface area contributed by atoms with Gasteiger partial charge in [-0.3, -0.25) is 0 Å². The monoisotopic (exact) mass is 285 g/mol. The van der Waals surface area contributed by atoms with Crippen molar-refractivity contribution in [3.63, 3.8) is 0 Å². The summed E-state index contributed by atoms with van der Waals surface area (Å²) in [6, 6.07) is 0. The third kappa shape index (κ3) is 1.78. The highest BCUT2D eigenvalue weighted by molar-refractivity contribution is 14.1. The second-order valence-electron chi connectivity index (χ2n) is 1.49. The fourth-order valence-corrected chi connectivity index (χ4v) is 1.08. The van der Waals surface area contributed by atoms with Crippen LogP contribution in [0.4, 0.5) is 0 Å². The molecular formula is C5H5BrIN. The molecule has 0 aromatic carbocycles. The zero-order chi connectivity index (χ0) is 5.98. The Labute approximate surface area is 71.1 Å². The van der Waals surface area contributed by atoms with Crippen LogP contribution < -0.4 is 0 Å². The van der Waals surface area contributed by atoms with Gasteiger partial charge in [-0.15, -0.1) is 0 Å². The Hall–Kier alpha value is 0.490. The molecule has 1 heterocycles. The smallest absolute Gasteiger partial charge is 0.0589 e. The molecule has 0 bridgehead atoms. The van der Waals surface area contributed by atoms with Crippen LogP contribution >= 0.6 is 38.8 Å². The maximum absolute atomic E-state index is 3.36. The van der Waals surface area contributed by atoms with Crippen LogP contribution in [0.5, 0.6) is 0 Å². The molecule has 0 unspecified atom stereocenters. The molecule has 8 heavy (non-hydrogen) atoms. The van der Waals surface area contributed by atoms with Gasteiger partial charge in [-0.25, -0.2) is 0 Å². The molecule has 0 aromatic rings. The first-order valence-corrected chi connectivity index (χ1v) is 4.01. The number of hydrogen-bond donors (Lipinski definition) is 0. The van der Waals surface area contributed by atoms with Crippen molar-refractivity contribution in [2.75, 3.05) is 6.54 Å². The highest BCUT2D eigenvalue weighted by Crippen LogP contribution is 2.14. The number of nitrogens with zero attached hydrogens (tertiary/aromatic N) is 1. The Morgan fingerprint density at radius 3 is 2.88 bits per heavy atom. The lowest BCUT2D eigenvalue weighted by atomic mass is 10.4. The minimum absolute atomic E-state index is 0.998. The molecule has 0 atom stereocenters. The molecule has 0 aromatic heterocycles. The molecule has 0 spiro atoms.